The fourth-order valence-corrected chi connectivity index (χ4v) is 0.918. The SMILES string of the molecule is CCOCC(=O)N/N=C/c1ccc(C)o1. The van der Waals surface area contributed by atoms with E-state index in [0.717, 1.165) is 5.76 Å². The maximum Gasteiger partial charge on any atom is 0.266 e. The molecule has 1 N–H and O–H groups in total. The van der Waals surface area contributed by atoms with Crippen molar-refractivity contribution in [3.63, 3.8) is 0 Å². The van der Waals surface area contributed by atoms with Crippen LogP contribution in [0.1, 0.15) is 18.4 Å². The van der Waals surface area contributed by atoms with Gasteiger partial charge in [-0.15, -0.1) is 0 Å². The minimum absolute atomic E-state index is 0.0189. The van der Waals surface area contributed by atoms with Crippen LogP contribution in [0, 0.1) is 6.92 Å². The molecule has 0 saturated heterocycles. The van der Waals surface area contributed by atoms with Crippen molar-refractivity contribution >= 4 is 12.1 Å². The fraction of sp³-hybridized carbons (Fsp3) is 0.400. The van der Waals surface area contributed by atoms with Crippen LogP contribution in [-0.2, 0) is 9.53 Å². The molecular formula is C10H14N2O3. The lowest BCUT2D eigenvalue weighted by atomic mass is 10.4. The number of nitrogens with zero attached hydrogens (tertiary/aromatic N) is 1. The molecule has 1 aromatic heterocycles. The Labute approximate surface area is 88.1 Å². The zero-order valence-electron chi connectivity index (χ0n) is 8.82. The van der Waals surface area contributed by atoms with E-state index in [4.69, 9.17) is 9.15 Å². The molecule has 1 heterocycles. The third-order valence-electron chi connectivity index (χ3n) is 1.58. The Bertz CT molecular complexity index is 344. The van der Waals surface area contributed by atoms with Crippen molar-refractivity contribution in [1.29, 1.82) is 0 Å². The number of ether oxygens (including phenoxy) is 1. The van der Waals surface area contributed by atoms with E-state index in [9.17, 15) is 4.79 Å². The van der Waals surface area contributed by atoms with Gasteiger partial charge < -0.3 is 9.15 Å². The third kappa shape index (κ3) is 4.42. The molecule has 0 atom stereocenters. The first-order valence-electron chi connectivity index (χ1n) is 4.68. The fourth-order valence-electron chi connectivity index (χ4n) is 0.918. The number of furan rings is 1. The number of carbonyl (C=O) groups is 1. The second-order valence-corrected chi connectivity index (χ2v) is 2.88. The first-order chi connectivity index (χ1) is 7.22. The highest BCUT2D eigenvalue weighted by molar-refractivity contribution is 5.80. The molecule has 0 fully saturated rings. The summed E-state index contributed by atoms with van der Waals surface area (Å²) < 4.78 is 10.1. The molecule has 5 nitrogen and oxygen atoms in total. The van der Waals surface area contributed by atoms with Crippen molar-refractivity contribution in [1.82, 2.24) is 5.43 Å². The molecule has 1 rings (SSSR count). The summed E-state index contributed by atoms with van der Waals surface area (Å²) in [6.07, 6.45) is 1.44. The van der Waals surface area contributed by atoms with Crippen LogP contribution in [0.3, 0.4) is 0 Å². The summed E-state index contributed by atoms with van der Waals surface area (Å²) in [7, 11) is 0. The topological polar surface area (TPSA) is 63.8 Å². The number of carbonyl (C=O) groups excluding carboxylic acids is 1. The summed E-state index contributed by atoms with van der Waals surface area (Å²) in [6.45, 7) is 4.19. The first kappa shape index (κ1) is 11.5. The molecular weight excluding hydrogens is 196 g/mol. The molecule has 0 aromatic carbocycles. The Balaban J connectivity index is 2.30. The Hall–Kier alpha value is -1.62. The van der Waals surface area contributed by atoms with Crippen LogP contribution in [0.4, 0.5) is 0 Å². The van der Waals surface area contributed by atoms with Gasteiger partial charge in [0.05, 0.1) is 6.21 Å². The van der Waals surface area contributed by atoms with Crippen LogP contribution in [0.15, 0.2) is 21.7 Å². The molecule has 5 heteroatoms. The second-order valence-electron chi connectivity index (χ2n) is 2.88. The van der Waals surface area contributed by atoms with Crippen molar-refractivity contribution in [2.75, 3.05) is 13.2 Å². The number of nitrogens with one attached hydrogen (secondary N) is 1. The predicted octanol–water partition coefficient (Wildman–Crippen LogP) is 1.07. The van der Waals surface area contributed by atoms with E-state index in [1.807, 2.05) is 19.9 Å². The second kappa shape index (κ2) is 5.98. The highest BCUT2D eigenvalue weighted by Crippen LogP contribution is 2.02. The lowest BCUT2D eigenvalue weighted by molar-refractivity contribution is -0.125. The third-order valence-corrected chi connectivity index (χ3v) is 1.58. The van der Waals surface area contributed by atoms with Crippen LogP contribution < -0.4 is 5.43 Å². The van der Waals surface area contributed by atoms with Gasteiger partial charge in [0, 0.05) is 6.61 Å². The van der Waals surface area contributed by atoms with Gasteiger partial charge >= 0.3 is 0 Å². The maximum atomic E-state index is 11.0. The highest BCUT2D eigenvalue weighted by Gasteiger charge is 1.97. The highest BCUT2D eigenvalue weighted by atomic mass is 16.5. The van der Waals surface area contributed by atoms with Crippen LogP contribution in [0.5, 0.6) is 0 Å². The Kier molecular flexibility index (Phi) is 4.56. The number of rotatable bonds is 5. The molecule has 82 valence electrons. The summed E-state index contributed by atoms with van der Waals surface area (Å²) in [5.41, 5.74) is 2.32. The van der Waals surface area contributed by atoms with Gasteiger partial charge in [-0.25, -0.2) is 5.43 Å². The lowest BCUT2D eigenvalue weighted by Crippen LogP contribution is -2.22. The van der Waals surface area contributed by atoms with Gasteiger partial charge in [0.15, 0.2) is 0 Å². The average Bonchev–Trinajstić information content (AvgIpc) is 2.61. The van der Waals surface area contributed by atoms with E-state index in [1.54, 1.807) is 6.07 Å². The lowest BCUT2D eigenvalue weighted by Gasteiger charge is -1.98. The van der Waals surface area contributed by atoms with Gasteiger partial charge in [-0.3, -0.25) is 4.79 Å². The zero-order chi connectivity index (χ0) is 11.1. The molecule has 0 radical (unpaired) electrons. The molecule has 0 unspecified atom stereocenters. The van der Waals surface area contributed by atoms with E-state index in [-0.39, 0.29) is 12.5 Å². The van der Waals surface area contributed by atoms with Crippen LogP contribution in [0.25, 0.3) is 0 Å². The van der Waals surface area contributed by atoms with Gasteiger partial charge in [-0.05, 0) is 26.0 Å². The smallest absolute Gasteiger partial charge is 0.266 e. The molecule has 0 aliphatic carbocycles. The minimum atomic E-state index is -0.281. The van der Waals surface area contributed by atoms with Gasteiger partial charge in [0.25, 0.3) is 5.91 Å². The van der Waals surface area contributed by atoms with E-state index >= 15 is 0 Å². The molecule has 1 amide bonds. The zero-order valence-corrected chi connectivity index (χ0v) is 8.82. The van der Waals surface area contributed by atoms with E-state index in [2.05, 4.69) is 10.5 Å². The van der Waals surface area contributed by atoms with Crippen molar-refractivity contribution in [3.05, 3.63) is 23.7 Å². The summed E-state index contributed by atoms with van der Waals surface area (Å²) in [4.78, 5) is 11.0. The normalized spacial score (nSPS) is 10.8. The van der Waals surface area contributed by atoms with Gasteiger partial charge in [0.1, 0.15) is 18.1 Å². The molecule has 1 aromatic rings. The first-order valence-corrected chi connectivity index (χ1v) is 4.68. The standard InChI is InChI=1S/C10H14N2O3/c1-3-14-7-10(13)12-11-6-9-5-4-8(2)15-9/h4-6H,3,7H2,1-2H3,(H,12,13)/b11-6+. The van der Waals surface area contributed by atoms with E-state index < -0.39 is 0 Å². The molecule has 15 heavy (non-hydrogen) atoms. The summed E-state index contributed by atoms with van der Waals surface area (Å²) in [5.74, 6) is 1.12. The molecule has 0 saturated carbocycles. The Morgan fingerprint density at radius 3 is 3.07 bits per heavy atom. The van der Waals surface area contributed by atoms with Crippen molar-refractivity contribution < 1.29 is 13.9 Å². The quantitative estimate of drug-likeness (QED) is 0.584. The van der Waals surface area contributed by atoms with Crippen LogP contribution in [-0.4, -0.2) is 25.3 Å². The molecule has 0 aliphatic rings. The van der Waals surface area contributed by atoms with E-state index in [0.29, 0.717) is 12.4 Å². The van der Waals surface area contributed by atoms with Crippen LogP contribution in [0.2, 0.25) is 0 Å². The monoisotopic (exact) mass is 210 g/mol. The summed E-state index contributed by atoms with van der Waals surface area (Å²) in [5, 5.41) is 3.71. The summed E-state index contributed by atoms with van der Waals surface area (Å²) in [6, 6.07) is 3.59. The average molecular weight is 210 g/mol. The number of hydrogen-bond acceptors (Lipinski definition) is 4. The Morgan fingerprint density at radius 2 is 2.47 bits per heavy atom. The number of hydrogen-bond donors (Lipinski definition) is 1. The maximum absolute atomic E-state index is 11.0. The van der Waals surface area contributed by atoms with E-state index in [1.165, 1.54) is 6.21 Å². The van der Waals surface area contributed by atoms with Crippen molar-refractivity contribution in [3.8, 4) is 0 Å². The van der Waals surface area contributed by atoms with Crippen molar-refractivity contribution in [2.24, 2.45) is 5.10 Å². The van der Waals surface area contributed by atoms with Gasteiger partial charge in [0.2, 0.25) is 0 Å². The number of aryl methyl sites for hydroxylation is 1. The van der Waals surface area contributed by atoms with Gasteiger partial charge in [-0.1, -0.05) is 0 Å². The molecule has 0 bridgehead atoms. The summed E-state index contributed by atoms with van der Waals surface area (Å²) >= 11 is 0. The Morgan fingerprint density at radius 1 is 1.67 bits per heavy atom. The van der Waals surface area contributed by atoms with Crippen molar-refractivity contribution in [2.45, 2.75) is 13.8 Å². The number of amides is 1. The molecule has 0 spiro atoms. The number of hydrazone groups is 1. The molecule has 0 aliphatic heterocycles. The van der Waals surface area contributed by atoms with Crippen LogP contribution >= 0.6 is 0 Å². The minimum Gasteiger partial charge on any atom is -0.460 e. The predicted molar refractivity (Wildman–Crippen MR) is 55.7 cm³/mol. The van der Waals surface area contributed by atoms with Gasteiger partial charge in [-0.2, -0.15) is 5.10 Å². The largest absolute Gasteiger partial charge is 0.460 e.